The molecule has 2 aromatic rings. The standard InChI is InChI=1S/C14H9BrF3NO4S/c1-23-14(20)8-6-7(15)2-5-11(8)24(21,22)19-10-4-3-9(16)12(17)13(10)18/h2-6,19H,1H3. The first-order valence-electron chi connectivity index (χ1n) is 6.21. The van der Waals surface area contributed by atoms with Gasteiger partial charge < -0.3 is 4.74 Å². The second kappa shape index (κ2) is 6.81. The maximum Gasteiger partial charge on any atom is 0.339 e. The van der Waals surface area contributed by atoms with Crippen molar-refractivity contribution in [3.63, 3.8) is 0 Å². The number of rotatable bonds is 4. The molecule has 0 bridgehead atoms. The van der Waals surface area contributed by atoms with E-state index in [1.807, 2.05) is 0 Å². The SMILES string of the molecule is COC(=O)c1cc(Br)ccc1S(=O)(=O)Nc1ccc(F)c(F)c1F. The minimum absolute atomic E-state index is 0.317. The number of nitrogens with one attached hydrogen (secondary N) is 1. The fraction of sp³-hybridized carbons (Fsp3) is 0.0714. The zero-order valence-electron chi connectivity index (χ0n) is 11.9. The first-order chi connectivity index (χ1) is 11.2. The van der Waals surface area contributed by atoms with Crippen LogP contribution in [-0.2, 0) is 14.8 Å². The molecule has 0 fully saturated rings. The minimum Gasteiger partial charge on any atom is -0.465 e. The molecule has 0 unspecified atom stereocenters. The van der Waals surface area contributed by atoms with Crippen LogP contribution in [0.1, 0.15) is 10.4 Å². The summed E-state index contributed by atoms with van der Waals surface area (Å²) in [6.07, 6.45) is 0. The number of methoxy groups -OCH3 is 1. The summed E-state index contributed by atoms with van der Waals surface area (Å²) >= 11 is 3.08. The molecule has 2 rings (SSSR count). The highest BCUT2D eigenvalue weighted by molar-refractivity contribution is 9.10. The van der Waals surface area contributed by atoms with E-state index in [1.54, 1.807) is 4.72 Å². The molecule has 0 aliphatic heterocycles. The lowest BCUT2D eigenvalue weighted by molar-refractivity contribution is 0.0596. The molecule has 0 radical (unpaired) electrons. The molecule has 10 heteroatoms. The zero-order valence-corrected chi connectivity index (χ0v) is 14.3. The van der Waals surface area contributed by atoms with Gasteiger partial charge in [0.2, 0.25) is 0 Å². The highest BCUT2D eigenvalue weighted by Gasteiger charge is 2.25. The molecular weight excluding hydrogens is 415 g/mol. The van der Waals surface area contributed by atoms with Gasteiger partial charge in [0.15, 0.2) is 17.5 Å². The van der Waals surface area contributed by atoms with E-state index in [1.165, 1.54) is 12.1 Å². The van der Waals surface area contributed by atoms with Gasteiger partial charge in [-0.15, -0.1) is 0 Å². The quantitative estimate of drug-likeness (QED) is 0.603. The van der Waals surface area contributed by atoms with Crippen LogP contribution < -0.4 is 4.72 Å². The van der Waals surface area contributed by atoms with E-state index >= 15 is 0 Å². The zero-order chi connectivity index (χ0) is 18.1. The monoisotopic (exact) mass is 423 g/mol. The van der Waals surface area contributed by atoms with Crippen molar-refractivity contribution in [3.8, 4) is 0 Å². The summed E-state index contributed by atoms with van der Waals surface area (Å²) in [6.45, 7) is 0. The van der Waals surface area contributed by atoms with Crippen LogP contribution in [0.5, 0.6) is 0 Å². The van der Waals surface area contributed by atoms with Crippen LogP contribution in [0.2, 0.25) is 0 Å². The number of halogens is 4. The van der Waals surface area contributed by atoms with Crippen LogP contribution in [0.4, 0.5) is 18.9 Å². The van der Waals surface area contributed by atoms with Gasteiger partial charge in [-0.3, -0.25) is 4.72 Å². The van der Waals surface area contributed by atoms with Crippen molar-refractivity contribution in [1.29, 1.82) is 0 Å². The number of esters is 1. The molecule has 0 saturated carbocycles. The third kappa shape index (κ3) is 3.54. The molecule has 0 saturated heterocycles. The van der Waals surface area contributed by atoms with Crippen LogP contribution >= 0.6 is 15.9 Å². The van der Waals surface area contributed by atoms with Crippen LogP contribution in [0, 0.1) is 17.5 Å². The average Bonchev–Trinajstić information content (AvgIpc) is 2.54. The van der Waals surface area contributed by atoms with Crippen LogP contribution in [0.25, 0.3) is 0 Å². The van der Waals surface area contributed by atoms with Gasteiger partial charge >= 0.3 is 5.97 Å². The molecular formula is C14H9BrF3NO4S. The van der Waals surface area contributed by atoms with Crippen molar-refractivity contribution >= 4 is 37.6 Å². The number of benzene rings is 2. The van der Waals surface area contributed by atoms with Gasteiger partial charge in [-0.05, 0) is 30.3 Å². The van der Waals surface area contributed by atoms with Gasteiger partial charge in [-0.1, -0.05) is 15.9 Å². The molecule has 2 aromatic carbocycles. The summed E-state index contributed by atoms with van der Waals surface area (Å²) in [4.78, 5) is 11.2. The topological polar surface area (TPSA) is 72.5 Å². The number of hydrogen-bond acceptors (Lipinski definition) is 4. The largest absolute Gasteiger partial charge is 0.465 e. The Labute approximate surface area is 143 Å². The Kier molecular flexibility index (Phi) is 5.19. The van der Waals surface area contributed by atoms with Gasteiger partial charge in [0.05, 0.1) is 18.4 Å². The summed E-state index contributed by atoms with van der Waals surface area (Å²) in [6, 6.07) is 4.90. The molecule has 0 spiro atoms. The first kappa shape index (κ1) is 18.3. The Morgan fingerprint density at radius 3 is 2.42 bits per heavy atom. The predicted octanol–water partition coefficient (Wildman–Crippen LogP) is 3.45. The average molecular weight is 424 g/mol. The van der Waals surface area contributed by atoms with Crippen molar-refractivity contribution in [3.05, 3.63) is 57.8 Å². The number of hydrogen-bond donors (Lipinski definition) is 1. The predicted molar refractivity (Wildman–Crippen MR) is 82.6 cm³/mol. The molecule has 5 nitrogen and oxygen atoms in total. The lowest BCUT2D eigenvalue weighted by Gasteiger charge is -2.12. The Morgan fingerprint density at radius 2 is 1.79 bits per heavy atom. The molecule has 128 valence electrons. The smallest absolute Gasteiger partial charge is 0.339 e. The van der Waals surface area contributed by atoms with Crippen molar-refractivity contribution in [2.24, 2.45) is 0 Å². The number of ether oxygens (including phenoxy) is 1. The Morgan fingerprint density at radius 1 is 1.12 bits per heavy atom. The normalized spacial score (nSPS) is 11.2. The molecule has 24 heavy (non-hydrogen) atoms. The Balaban J connectivity index is 2.53. The summed E-state index contributed by atoms with van der Waals surface area (Å²) in [5.74, 6) is -5.92. The van der Waals surface area contributed by atoms with Gasteiger partial charge in [0.25, 0.3) is 10.0 Å². The highest BCUT2D eigenvalue weighted by Crippen LogP contribution is 2.26. The van der Waals surface area contributed by atoms with Crippen molar-refractivity contribution in [2.75, 3.05) is 11.8 Å². The number of sulfonamides is 1. The lowest BCUT2D eigenvalue weighted by Crippen LogP contribution is -2.18. The van der Waals surface area contributed by atoms with Gasteiger partial charge in [0.1, 0.15) is 4.90 Å². The van der Waals surface area contributed by atoms with Crippen LogP contribution in [0.15, 0.2) is 39.7 Å². The Bertz CT molecular complexity index is 918. The molecule has 1 N–H and O–H groups in total. The summed E-state index contributed by atoms with van der Waals surface area (Å²) in [5, 5.41) is 0. The van der Waals surface area contributed by atoms with Gasteiger partial charge in [-0.25, -0.2) is 26.4 Å². The van der Waals surface area contributed by atoms with Crippen molar-refractivity contribution in [2.45, 2.75) is 4.90 Å². The third-order valence-electron chi connectivity index (χ3n) is 2.92. The van der Waals surface area contributed by atoms with Crippen molar-refractivity contribution < 1.29 is 31.1 Å². The minimum atomic E-state index is -4.47. The van der Waals surface area contributed by atoms with E-state index in [0.717, 1.165) is 19.2 Å². The van der Waals surface area contributed by atoms with E-state index in [-0.39, 0.29) is 5.56 Å². The Hall–Kier alpha value is -2.07. The number of carbonyl (C=O) groups is 1. The second-order valence-electron chi connectivity index (χ2n) is 4.46. The second-order valence-corrected chi connectivity index (χ2v) is 7.03. The molecule has 0 aliphatic carbocycles. The summed E-state index contributed by atoms with van der Waals surface area (Å²) < 4.78 is 71.2. The molecule has 0 amide bonds. The molecule has 0 aromatic heterocycles. The van der Waals surface area contributed by atoms with Crippen LogP contribution in [-0.4, -0.2) is 21.5 Å². The number of anilines is 1. The third-order valence-corrected chi connectivity index (χ3v) is 4.83. The summed E-state index contributed by atoms with van der Waals surface area (Å²) in [5.41, 5.74) is -1.12. The van der Waals surface area contributed by atoms with Gasteiger partial charge in [-0.2, -0.15) is 0 Å². The van der Waals surface area contributed by atoms with Crippen LogP contribution in [0.3, 0.4) is 0 Å². The van der Waals surface area contributed by atoms with Gasteiger partial charge in [0, 0.05) is 4.47 Å². The fourth-order valence-corrected chi connectivity index (χ4v) is 3.41. The van der Waals surface area contributed by atoms with E-state index < -0.39 is 44.0 Å². The molecule has 0 aliphatic rings. The molecule has 0 heterocycles. The number of carbonyl (C=O) groups excluding carboxylic acids is 1. The maximum absolute atomic E-state index is 13.7. The lowest BCUT2D eigenvalue weighted by atomic mass is 10.2. The van der Waals surface area contributed by atoms with E-state index in [0.29, 0.717) is 10.5 Å². The van der Waals surface area contributed by atoms with E-state index in [4.69, 9.17) is 0 Å². The first-order valence-corrected chi connectivity index (χ1v) is 8.49. The van der Waals surface area contributed by atoms with E-state index in [9.17, 15) is 26.4 Å². The molecule has 0 atom stereocenters. The highest BCUT2D eigenvalue weighted by atomic mass is 79.9. The maximum atomic E-state index is 13.7. The fourth-order valence-electron chi connectivity index (χ4n) is 1.81. The summed E-state index contributed by atoms with van der Waals surface area (Å²) in [7, 11) is -3.41. The van der Waals surface area contributed by atoms with Crippen molar-refractivity contribution in [1.82, 2.24) is 0 Å². The van der Waals surface area contributed by atoms with E-state index in [2.05, 4.69) is 20.7 Å².